The molecule has 2 atom stereocenters. The van der Waals surface area contributed by atoms with E-state index in [1.54, 1.807) is 0 Å². The SMILES string of the molecule is CCOC1(C(Cc2ccn(C(C)CC)n2)NC)CCCC1. The van der Waals surface area contributed by atoms with E-state index < -0.39 is 0 Å². The summed E-state index contributed by atoms with van der Waals surface area (Å²) in [5.74, 6) is 0. The summed E-state index contributed by atoms with van der Waals surface area (Å²) in [6.45, 7) is 7.31. The molecular formula is C17H31N3O. The minimum absolute atomic E-state index is 0.00362. The van der Waals surface area contributed by atoms with E-state index in [2.05, 4.69) is 50.1 Å². The fourth-order valence-electron chi connectivity index (χ4n) is 3.53. The van der Waals surface area contributed by atoms with Crippen molar-refractivity contribution in [3.63, 3.8) is 0 Å². The summed E-state index contributed by atoms with van der Waals surface area (Å²) >= 11 is 0. The van der Waals surface area contributed by atoms with Crippen LogP contribution in [0.1, 0.15) is 64.6 Å². The molecule has 1 N–H and O–H groups in total. The lowest BCUT2D eigenvalue weighted by Gasteiger charge is -2.37. The highest BCUT2D eigenvalue weighted by atomic mass is 16.5. The van der Waals surface area contributed by atoms with Crippen LogP contribution in [0.4, 0.5) is 0 Å². The van der Waals surface area contributed by atoms with Gasteiger partial charge < -0.3 is 10.1 Å². The van der Waals surface area contributed by atoms with Gasteiger partial charge in [-0.25, -0.2) is 0 Å². The maximum atomic E-state index is 6.19. The lowest BCUT2D eigenvalue weighted by Crippen LogP contribution is -2.51. The van der Waals surface area contributed by atoms with Crippen LogP contribution < -0.4 is 5.32 Å². The van der Waals surface area contributed by atoms with E-state index >= 15 is 0 Å². The van der Waals surface area contributed by atoms with E-state index in [9.17, 15) is 0 Å². The fraction of sp³-hybridized carbons (Fsp3) is 0.824. The lowest BCUT2D eigenvalue weighted by atomic mass is 9.88. The average Bonchev–Trinajstić information content (AvgIpc) is 3.14. The Morgan fingerprint density at radius 2 is 2.10 bits per heavy atom. The van der Waals surface area contributed by atoms with Crippen molar-refractivity contribution in [1.82, 2.24) is 15.1 Å². The van der Waals surface area contributed by atoms with Crippen molar-refractivity contribution in [3.05, 3.63) is 18.0 Å². The summed E-state index contributed by atoms with van der Waals surface area (Å²) in [6.07, 6.45) is 9.05. The number of hydrogen-bond donors (Lipinski definition) is 1. The van der Waals surface area contributed by atoms with Crippen molar-refractivity contribution in [2.75, 3.05) is 13.7 Å². The highest BCUT2D eigenvalue weighted by molar-refractivity contribution is 5.07. The summed E-state index contributed by atoms with van der Waals surface area (Å²) in [5.41, 5.74) is 1.17. The molecule has 4 heteroatoms. The molecular weight excluding hydrogens is 262 g/mol. The van der Waals surface area contributed by atoms with E-state index in [0.29, 0.717) is 12.1 Å². The van der Waals surface area contributed by atoms with Crippen LogP contribution in [-0.2, 0) is 11.2 Å². The Labute approximate surface area is 129 Å². The minimum atomic E-state index is 0.00362. The van der Waals surface area contributed by atoms with Gasteiger partial charge in [-0.2, -0.15) is 5.10 Å². The van der Waals surface area contributed by atoms with E-state index in [0.717, 1.165) is 19.4 Å². The van der Waals surface area contributed by atoms with Crippen molar-refractivity contribution < 1.29 is 4.74 Å². The average molecular weight is 293 g/mol. The molecule has 0 spiro atoms. The zero-order chi connectivity index (χ0) is 15.3. The largest absolute Gasteiger partial charge is 0.374 e. The van der Waals surface area contributed by atoms with Crippen LogP contribution in [0, 0.1) is 0 Å². The van der Waals surface area contributed by atoms with Crippen LogP contribution >= 0.6 is 0 Å². The van der Waals surface area contributed by atoms with Gasteiger partial charge in [0, 0.05) is 31.3 Å². The number of ether oxygens (including phenoxy) is 1. The van der Waals surface area contributed by atoms with E-state index in [1.165, 1.54) is 31.4 Å². The van der Waals surface area contributed by atoms with Gasteiger partial charge in [-0.1, -0.05) is 19.8 Å². The third kappa shape index (κ3) is 3.67. The summed E-state index contributed by atoms with van der Waals surface area (Å²) in [5, 5.41) is 8.25. The Hall–Kier alpha value is -0.870. The number of nitrogens with zero attached hydrogens (tertiary/aromatic N) is 2. The van der Waals surface area contributed by atoms with Crippen molar-refractivity contribution in [2.24, 2.45) is 0 Å². The second-order valence-corrected chi connectivity index (χ2v) is 6.29. The highest BCUT2D eigenvalue weighted by Gasteiger charge is 2.41. The Kier molecular flexibility index (Phi) is 5.82. The Bertz CT molecular complexity index is 423. The molecule has 2 rings (SSSR count). The molecule has 0 aliphatic heterocycles. The number of nitrogens with one attached hydrogen (secondary N) is 1. The molecule has 1 saturated carbocycles. The fourth-order valence-corrected chi connectivity index (χ4v) is 3.53. The van der Waals surface area contributed by atoms with Gasteiger partial charge in [0.05, 0.1) is 11.3 Å². The number of likely N-dealkylation sites (N-methyl/N-ethyl adjacent to an activating group) is 1. The highest BCUT2D eigenvalue weighted by Crippen LogP contribution is 2.37. The predicted octanol–water partition coefficient (Wildman–Crippen LogP) is 3.33. The molecule has 2 unspecified atom stereocenters. The summed E-state index contributed by atoms with van der Waals surface area (Å²) in [6, 6.07) is 2.98. The standard InChI is InChI=1S/C17H31N3O/c1-5-14(3)20-12-9-15(19-20)13-16(18-4)17(21-6-2)10-7-8-11-17/h9,12,14,16,18H,5-8,10-11,13H2,1-4H3. The Morgan fingerprint density at radius 1 is 1.38 bits per heavy atom. The Balaban J connectivity index is 2.09. The van der Waals surface area contributed by atoms with Crippen LogP contribution in [0.5, 0.6) is 0 Å². The number of hydrogen-bond acceptors (Lipinski definition) is 3. The van der Waals surface area contributed by atoms with Gasteiger partial charge in [0.2, 0.25) is 0 Å². The maximum absolute atomic E-state index is 6.19. The van der Waals surface area contributed by atoms with E-state index in [4.69, 9.17) is 9.84 Å². The van der Waals surface area contributed by atoms with Crippen LogP contribution in [0.2, 0.25) is 0 Å². The first-order valence-corrected chi connectivity index (χ1v) is 8.50. The van der Waals surface area contributed by atoms with Crippen molar-refractivity contribution in [2.45, 2.75) is 77.0 Å². The maximum Gasteiger partial charge on any atom is 0.0838 e. The monoisotopic (exact) mass is 293 g/mol. The molecule has 1 aliphatic rings. The quantitative estimate of drug-likeness (QED) is 0.799. The van der Waals surface area contributed by atoms with Gasteiger partial charge in [-0.15, -0.1) is 0 Å². The molecule has 1 aromatic rings. The molecule has 1 aromatic heterocycles. The topological polar surface area (TPSA) is 39.1 Å². The molecule has 120 valence electrons. The van der Waals surface area contributed by atoms with E-state index in [1.807, 2.05) is 0 Å². The minimum Gasteiger partial charge on any atom is -0.374 e. The van der Waals surface area contributed by atoms with Crippen LogP contribution in [-0.4, -0.2) is 35.1 Å². The van der Waals surface area contributed by atoms with Gasteiger partial charge in [-0.3, -0.25) is 4.68 Å². The number of aromatic nitrogens is 2. The zero-order valence-electron chi connectivity index (χ0n) is 14.1. The predicted molar refractivity (Wildman–Crippen MR) is 86.6 cm³/mol. The molecule has 0 radical (unpaired) electrons. The van der Waals surface area contributed by atoms with Gasteiger partial charge >= 0.3 is 0 Å². The lowest BCUT2D eigenvalue weighted by molar-refractivity contribution is -0.0599. The second kappa shape index (κ2) is 7.41. The molecule has 21 heavy (non-hydrogen) atoms. The molecule has 4 nitrogen and oxygen atoms in total. The molecule has 0 saturated heterocycles. The first-order chi connectivity index (χ1) is 10.1. The van der Waals surface area contributed by atoms with Crippen LogP contribution in [0.15, 0.2) is 12.3 Å². The third-order valence-electron chi connectivity index (χ3n) is 4.98. The smallest absolute Gasteiger partial charge is 0.0838 e. The second-order valence-electron chi connectivity index (χ2n) is 6.29. The normalized spacial score (nSPS) is 20.6. The zero-order valence-corrected chi connectivity index (χ0v) is 14.1. The molecule has 0 amide bonds. The van der Waals surface area contributed by atoms with Crippen LogP contribution in [0.25, 0.3) is 0 Å². The van der Waals surface area contributed by atoms with Crippen LogP contribution in [0.3, 0.4) is 0 Å². The first kappa shape index (κ1) is 16.5. The van der Waals surface area contributed by atoms with Gasteiger partial charge in [0.25, 0.3) is 0 Å². The van der Waals surface area contributed by atoms with Crippen molar-refractivity contribution in [3.8, 4) is 0 Å². The molecule has 1 aliphatic carbocycles. The number of rotatable bonds is 8. The van der Waals surface area contributed by atoms with Gasteiger partial charge in [0.15, 0.2) is 0 Å². The summed E-state index contributed by atoms with van der Waals surface area (Å²) in [4.78, 5) is 0. The van der Waals surface area contributed by atoms with Crippen molar-refractivity contribution in [1.29, 1.82) is 0 Å². The molecule has 0 aromatic carbocycles. The van der Waals surface area contributed by atoms with Crippen molar-refractivity contribution >= 4 is 0 Å². The van der Waals surface area contributed by atoms with Gasteiger partial charge in [0.1, 0.15) is 0 Å². The van der Waals surface area contributed by atoms with Gasteiger partial charge in [-0.05, 0) is 46.2 Å². The molecule has 1 fully saturated rings. The third-order valence-corrected chi connectivity index (χ3v) is 4.98. The molecule has 1 heterocycles. The first-order valence-electron chi connectivity index (χ1n) is 8.50. The molecule has 0 bridgehead atoms. The Morgan fingerprint density at radius 3 is 2.67 bits per heavy atom. The van der Waals surface area contributed by atoms with E-state index in [-0.39, 0.29) is 5.60 Å². The summed E-state index contributed by atoms with van der Waals surface area (Å²) in [7, 11) is 2.05. The summed E-state index contributed by atoms with van der Waals surface area (Å²) < 4.78 is 8.28.